The van der Waals surface area contributed by atoms with E-state index in [1.807, 2.05) is 36.4 Å². The molecule has 4 heteroatoms. The summed E-state index contributed by atoms with van der Waals surface area (Å²) in [4.78, 5) is 4.20. The molecule has 0 saturated carbocycles. The number of pyridine rings is 1. The van der Waals surface area contributed by atoms with Gasteiger partial charge in [0.15, 0.2) is 0 Å². The van der Waals surface area contributed by atoms with Crippen molar-refractivity contribution >= 4 is 11.5 Å². The maximum absolute atomic E-state index is 8.25. The molecule has 18 heavy (non-hydrogen) atoms. The molecule has 0 saturated heterocycles. The first-order chi connectivity index (χ1) is 8.76. The molecule has 0 aliphatic heterocycles. The van der Waals surface area contributed by atoms with Crippen molar-refractivity contribution in [3.8, 4) is 5.75 Å². The molecular formula is C14H15N3O. The Morgan fingerprint density at radius 3 is 2.83 bits per heavy atom. The van der Waals surface area contributed by atoms with Crippen molar-refractivity contribution < 1.29 is 4.74 Å². The number of aromatic nitrogens is 1. The Labute approximate surface area is 106 Å². The second-order valence-electron chi connectivity index (χ2n) is 3.76. The van der Waals surface area contributed by atoms with E-state index in [1.54, 1.807) is 20.4 Å². The van der Waals surface area contributed by atoms with Crippen LogP contribution in [0.5, 0.6) is 5.75 Å². The van der Waals surface area contributed by atoms with Gasteiger partial charge in [-0.2, -0.15) is 0 Å². The first-order valence-electron chi connectivity index (χ1n) is 5.62. The van der Waals surface area contributed by atoms with Crippen molar-refractivity contribution in [2.24, 2.45) is 0 Å². The number of anilines is 1. The molecule has 0 fully saturated rings. The zero-order valence-corrected chi connectivity index (χ0v) is 10.4. The predicted molar refractivity (Wildman–Crippen MR) is 72.7 cm³/mol. The normalized spacial score (nSPS) is 9.89. The van der Waals surface area contributed by atoms with E-state index in [1.165, 1.54) is 0 Å². The van der Waals surface area contributed by atoms with Gasteiger partial charge in [0.05, 0.1) is 12.8 Å². The molecule has 0 unspecified atom stereocenters. The summed E-state index contributed by atoms with van der Waals surface area (Å²) in [7, 11) is 3.41. The molecule has 0 aliphatic carbocycles. The van der Waals surface area contributed by atoms with E-state index in [4.69, 9.17) is 10.1 Å². The van der Waals surface area contributed by atoms with Crippen LogP contribution in [0.1, 0.15) is 11.1 Å². The molecule has 1 aromatic heterocycles. The minimum absolute atomic E-state index is 0.423. The first kappa shape index (κ1) is 12.1. The number of hydrogen-bond acceptors (Lipinski definition) is 4. The molecular weight excluding hydrogens is 226 g/mol. The zero-order valence-electron chi connectivity index (χ0n) is 10.4. The number of methoxy groups -OCH3 is 1. The number of hydrogen-bond donors (Lipinski definition) is 2. The number of ether oxygens (including phenoxy) is 1. The van der Waals surface area contributed by atoms with Crippen molar-refractivity contribution in [2.45, 2.75) is 0 Å². The fraction of sp³-hybridized carbons (Fsp3) is 0.143. The second kappa shape index (κ2) is 5.31. The Morgan fingerprint density at radius 1 is 1.28 bits per heavy atom. The van der Waals surface area contributed by atoms with E-state index in [0.717, 1.165) is 16.9 Å². The number of rotatable bonds is 4. The maximum atomic E-state index is 8.25. The molecule has 0 bridgehead atoms. The van der Waals surface area contributed by atoms with Gasteiger partial charge in [0.2, 0.25) is 0 Å². The number of nitrogens with zero attached hydrogens (tertiary/aromatic N) is 1. The number of benzene rings is 1. The molecule has 1 heterocycles. The highest BCUT2D eigenvalue weighted by molar-refractivity contribution is 6.13. The summed E-state index contributed by atoms with van der Waals surface area (Å²) >= 11 is 0. The fourth-order valence-corrected chi connectivity index (χ4v) is 1.74. The van der Waals surface area contributed by atoms with Crippen molar-refractivity contribution in [3.05, 3.63) is 53.7 Å². The Hall–Kier alpha value is -2.36. The topological polar surface area (TPSA) is 58.0 Å². The van der Waals surface area contributed by atoms with Crippen LogP contribution in [0, 0.1) is 5.41 Å². The van der Waals surface area contributed by atoms with Gasteiger partial charge in [0.1, 0.15) is 11.6 Å². The van der Waals surface area contributed by atoms with Gasteiger partial charge < -0.3 is 10.1 Å². The lowest BCUT2D eigenvalue weighted by molar-refractivity contribution is 0.414. The van der Waals surface area contributed by atoms with E-state index >= 15 is 0 Å². The summed E-state index contributed by atoms with van der Waals surface area (Å²) in [6.07, 6.45) is 1.70. The van der Waals surface area contributed by atoms with E-state index < -0.39 is 0 Å². The van der Waals surface area contributed by atoms with Crippen molar-refractivity contribution in [3.63, 3.8) is 0 Å². The lowest BCUT2D eigenvalue weighted by atomic mass is 10.0. The van der Waals surface area contributed by atoms with Gasteiger partial charge in [-0.15, -0.1) is 0 Å². The molecule has 0 amide bonds. The van der Waals surface area contributed by atoms with Crippen LogP contribution in [0.2, 0.25) is 0 Å². The summed E-state index contributed by atoms with van der Waals surface area (Å²) in [5.74, 6) is 1.44. The summed E-state index contributed by atoms with van der Waals surface area (Å²) in [6, 6.07) is 11.2. The van der Waals surface area contributed by atoms with E-state index in [9.17, 15) is 0 Å². The highest BCUT2D eigenvalue weighted by atomic mass is 16.5. The van der Waals surface area contributed by atoms with Crippen LogP contribution in [-0.2, 0) is 0 Å². The lowest BCUT2D eigenvalue weighted by Gasteiger charge is -2.10. The molecule has 2 aromatic rings. The van der Waals surface area contributed by atoms with Crippen LogP contribution in [-0.4, -0.2) is 24.9 Å². The largest absolute Gasteiger partial charge is 0.497 e. The van der Waals surface area contributed by atoms with E-state index in [-0.39, 0.29) is 0 Å². The quantitative estimate of drug-likeness (QED) is 0.809. The Kier molecular flexibility index (Phi) is 3.57. The average molecular weight is 241 g/mol. The highest BCUT2D eigenvalue weighted by Crippen LogP contribution is 2.19. The minimum atomic E-state index is 0.423. The minimum Gasteiger partial charge on any atom is -0.497 e. The van der Waals surface area contributed by atoms with Crippen LogP contribution in [0.25, 0.3) is 0 Å². The Balaban J connectivity index is 2.41. The molecule has 0 radical (unpaired) electrons. The zero-order chi connectivity index (χ0) is 13.0. The molecule has 92 valence electrons. The highest BCUT2D eigenvalue weighted by Gasteiger charge is 2.10. The lowest BCUT2D eigenvalue weighted by Crippen LogP contribution is -2.07. The van der Waals surface area contributed by atoms with Crippen LogP contribution >= 0.6 is 0 Å². The van der Waals surface area contributed by atoms with Gasteiger partial charge in [-0.1, -0.05) is 12.1 Å². The second-order valence-corrected chi connectivity index (χ2v) is 3.76. The first-order valence-corrected chi connectivity index (χ1v) is 5.62. The molecule has 0 aliphatic rings. The van der Waals surface area contributed by atoms with Crippen LogP contribution in [0.15, 0.2) is 42.6 Å². The van der Waals surface area contributed by atoms with Crippen molar-refractivity contribution in [1.29, 1.82) is 5.41 Å². The Morgan fingerprint density at radius 2 is 2.11 bits per heavy atom. The smallest absolute Gasteiger partial charge is 0.135 e. The molecule has 2 rings (SSSR count). The summed E-state index contributed by atoms with van der Waals surface area (Å²) in [6.45, 7) is 0. The summed E-state index contributed by atoms with van der Waals surface area (Å²) in [5.41, 5.74) is 2.00. The fourth-order valence-electron chi connectivity index (χ4n) is 1.74. The van der Waals surface area contributed by atoms with E-state index in [2.05, 4.69) is 10.3 Å². The maximum Gasteiger partial charge on any atom is 0.135 e. The average Bonchev–Trinajstić information content (AvgIpc) is 2.46. The number of nitrogens with one attached hydrogen (secondary N) is 2. The monoisotopic (exact) mass is 241 g/mol. The van der Waals surface area contributed by atoms with Crippen LogP contribution in [0.3, 0.4) is 0 Å². The SMILES string of the molecule is CNc1ncccc1C(=N)c1cccc(OC)c1. The van der Waals surface area contributed by atoms with Crippen LogP contribution in [0.4, 0.5) is 5.82 Å². The van der Waals surface area contributed by atoms with Crippen molar-refractivity contribution in [2.75, 3.05) is 19.5 Å². The molecule has 2 N–H and O–H groups in total. The third-order valence-electron chi connectivity index (χ3n) is 2.67. The van der Waals surface area contributed by atoms with Gasteiger partial charge in [-0.05, 0) is 24.3 Å². The predicted octanol–water partition coefficient (Wildman–Crippen LogP) is 2.55. The van der Waals surface area contributed by atoms with Gasteiger partial charge in [0.25, 0.3) is 0 Å². The standard InChI is InChI=1S/C14H15N3O/c1-16-14-12(7-4-8-17-14)13(15)10-5-3-6-11(9-10)18-2/h3-9,15H,1-2H3,(H,16,17). The molecule has 1 aromatic carbocycles. The third kappa shape index (κ3) is 2.32. The molecule has 0 atom stereocenters. The summed E-state index contributed by atoms with van der Waals surface area (Å²) in [5, 5.41) is 11.2. The van der Waals surface area contributed by atoms with Crippen molar-refractivity contribution in [1.82, 2.24) is 4.98 Å². The van der Waals surface area contributed by atoms with Gasteiger partial charge >= 0.3 is 0 Å². The molecule has 0 spiro atoms. The Bertz CT molecular complexity index is 566. The van der Waals surface area contributed by atoms with Crippen LogP contribution < -0.4 is 10.1 Å². The molecule has 4 nitrogen and oxygen atoms in total. The summed E-state index contributed by atoms with van der Waals surface area (Å²) < 4.78 is 5.17. The van der Waals surface area contributed by atoms with E-state index in [0.29, 0.717) is 11.5 Å². The van der Waals surface area contributed by atoms with Gasteiger partial charge in [-0.25, -0.2) is 4.98 Å². The third-order valence-corrected chi connectivity index (χ3v) is 2.67. The van der Waals surface area contributed by atoms with Gasteiger partial charge in [-0.3, -0.25) is 5.41 Å². The van der Waals surface area contributed by atoms with Gasteiger partial charge in [0, 0.05) is 24.4 Å².